The lowest BCUT2D eigenvalue weighted by Gasteiger charge is -2.12. The van der Waals surface area contributed by atoms with Crippen molar-refractivity contribution in [3.05, 3.63) is 62.0 Å². The van der Waals surface area contributed by atoms with Gasteiger partial charge in [-0.15, -0.1) is 11.3 Å². The van der Waals surface area contributed by atoms with Crippen LogP contribution in [-0.4, -0.2) is 17.4 Å². The van der Waals surface area contributed by atoms with Crippen LogP contribution >= 0.6 is 34.5 Å². The van der Waals surface area contributed by atoms with Crippen molar-refractivity contribution in [3.8, 4) is 11.3 Å². The number of amides is 1. The minimum absolute atomic E-state index is 0.193. The molecule has 25 heavy (non-hydrogen) atoms. The maximum absolute atomic E-state index is 12.8. The largest absolute Gasteiger partial charge is 0.360 e. The first-order valence-corrected chi connectivity index (χ1v) is 8.86. The number of benzene rings is 1. The number of carbonyl (C=O) groups is 2. The Morgan fingerprint density at radius 1 is 1.28 bits per heavy atom. The van der Waals surface area contributed by atoms with E-state index in [1.807, 2.05) is 11.4 Å². The number of hydrogen-bond acceptors (Lipinski definition) is 5. The van der Waals surface area contributed by atoms with Gasteiger partial charge in [-0.3, -0.25) is 4.79 Å². The van der Waals surface area contributed by atoms with Crippen molar-refractivity contribution in [2.45, 2.75) is 13.0 Å². The highest BCUT2D eigenvalue weighted by Gasteiger charge is 2.26. The number of hydrogen-bond donors (Lipinski definition) is 1. The Labute approximate surface area is 157 Å². The lowest BCUT2D eigenvalue weighted by molar-refractivity contribution is -0.109. The second kappa shape index (κ2) is 7.39. The number of rotatable bonds is 5. The average Bonchev–Trinajstić information content (AvgIpc) is 3.22. The van der Waals surface area contributed by atoms with E-state index in [1.165, 1.54) is 11.3 Å². The topological polar surface area (TPSA) is 72.2 Å². The molecule has 2 heterocycles. The monoisotopic (exact) mass is 394 g/mol. The maximum atomic E-state index is 12.8. The SMILES string of the molecule is Cc1onc(-c2c(Cl)cccc2Cl)c1C(=O)NC(C=O)c1cccs1. The fourth-order valence-electron chi connectivity index (χ4n) is 2.39. The minimum Gasteiger partial charge on any atom is -0.360 e. The van der Waals surface area contributed by atoms with Crippen LogP contribution in [0.25, 0.3) is 11.3 Å². The van der Waals surface area contributed by atoms with Crippen molar-refractivity contribution in [3.63, 3.8) is 0 Å². The molecule has 5 nitrogen and oxygen atoms in total. The summed E-state index contributed by atoms with van der Waals surface area (Å²) in [5.74, 6) is -0.186. The second-order valence-electron chi connectivity index (χ2n) is 5.16. The Hall–Kier alpha value is -2.15. The third kappa shape index (κ3) is 3.46. The Balaban J connectivity index is 1.99. The summed E-state index contributed by atoms with van der Waals surface area (Å²) in [7, 11) is 0. The number of thiophene rings is 1. The normalized spacial score (nSPS) is 12.0. The second-order valence-corrected chi connectivity index (χ2v) is 6.96. The Bertz CT molecular complexity index is 902. The van der Waals surface area contributed by atoms with Gasteiger partial charge >= 0.3 is 0 Å². The van der Waals surface area contributed by atoms with Gasteiger partial charge in [0.1, 0.15) is 29.3 Å². The summed E-state index contributed by atoms with van der Waals surface area (Å²) in [6.45, 7) is 1.61. The van der Waals surface area contributed by atoms with Crippen LogP contribution in [0.15, 0.2) is 40.2 Å². The predicted octanol–water partition coefficient (Wildman–Crippen LogP) is 4.69. The molecule has 1 aromatic carbocycles. The Kier molecular flexibility index (Phi) is 5.22. The Morgan fingerprint density at radius 2 is 2.00 bits per heavy atom. The molecule has 0 aliphatic heterocycles. The highest BCUT2D eigenvalue weighted by atomic mass is 35.5. The van der Waals surface area contributed by atoms with Crippen LogP contribution in [0.4, 0.5) is 0 Å². The molecule has 1 N–H and O–H groups in total. The molecule has 0 aliphatic carbocycles. The van der Waals surface area contributed by atoms with Crippen molar-refractivity contribution in [2.75, 3.05) is 0 Å². The van der Waals surface area contributed by atoms with E-state index < -0.39 is 11.9 Å². The van der Waals surface area contributed by atoms with Gasteiger partial charge in [0.25, 0.3) is 5.91 Å². The quantitative estimate of drug-likeness (QED) is 0.637. The van der Waals surface area contributed by atoms with E-state index in [9.17, 15) is 9.59 Å². The van der Waals surface area contributed by atoms with E-state index in [-0.39, 0.29) is 11.3 Å². The summed E-state index contributed by atoms with van der Waals surface area (Å²) in [6, 6.07) is 7.82. The molecule has 0 radical (unpaired) electrons. The van der Waals surface area contributed by atoms with Gasteiger partial charge in [-0.25, -0.2) is 0 Å². The van der Waals surface area contributed by atoms with E-state index >= 15 is 0 Å². The van der Waals surface area contributed by atoms with Gasteiger partial charge in [0.05, 0.1) is 10.0 Å². The molecular weight excluding hydrogens is 383 g/mol. The smallest absolute Gasteiger partial charge is 0.258 e. The first-order chi connectivity index (χ1) is 12.0. The molecular formula is C17H12Cl2N2O3S. The zero-order valence-electron chi connectivity index (χ0n) is 13.0. The third-order valence-corrected chi connectivity index (χ3v) is 5.15. The molecule has 0 saturated heterocycles. The molecule has 0 spiro atoms. The summed E-state index contributed by atoms with van der Waals surface area (Å²) < 4.78 is 5.17. The molecule has 8 heteroatoms. The molecule has 128 valence electrons. The fraction of sp³-hybridized carbons (Fsp3) is 0.118. The molecule has 0 fully saturated rings. The van der Waals surface area contributed by atoms with Gasteiger partial charge in [0.15, 0.2) is 0 Å². The molecule has 1 amide bonds. The number of aldehydes is 1. The summed E-state index contributed by atoms with van der Waals surface area (Å²) >= 11 is 13.8. The van der Waals surface area contributed by atoms with Crippen molar-refractivity contribution < 1.29 is 14.1 Å². The zero-order valence-corrected chi connectivity index (χ0v) is 15.3. The lowest BCUT2D eigenvalue weighted by Crippen LogP contribution is -2.29. The van der Waals surface area contributed by atoms with Gasteiger partial charge in [0.2, 0.25) is 0 Å². The van der Waals surface area contributed by atoms with Crippen LogP contribution in [0.5, 0.6) is 0 Å². The van der Waals surface area contributed by atoms with E-state index in [2.05, 4.69) is 10.5 Å². The van der Waals surface area contributed by atoms with Crippen LogP contribution in [-0.2, 0) is 4.79 Å². The molecule has 1 unspecified atom stereocenters. The number of aryl methyl sites for hydroxylation is 1. The fourth-order valence-corrected chi connectivity index (χ4v) is 3.70. The third-order valence-electron chi connectivity index (χ3n) is 3.56. The first-order valence-electron chi connectivity index (χ1n) is 7.23. The van der Waals surface area contributed by atoms with Gasteiger partial charge in [-0.05, 0) is 30.5 Å². The molecule has 3 rings (SSSR count). The minimum atomic E-state index is -0.753. The van der Waals surface area contributed by atoms with Crippen molar-refractivity contribution >= 4 is 46.7 Å². The van der Waals surface area contributed by atoms with Gasteiger partial charge in [-0.2, -0.15) is 0 Å². The van der Waals surface area contributed by atoms with Crippen LogP contribution in [0.1, 0.15) is 27.0 Å². The first kappa shape index (κ1) is 17.7. The van der Waals surface area contributed by atoms with Crippen molar-refractivity contribution in [1.29, 1.82) is 0 Å². The van der Waals surface area contributed by atoms with E-state index in [4.69, 9.17) is 27.7 Å². The van der Waals surface area contributed by atoms with Crippen LogP contribution < -0.4 is 5.32 Å². The summed E-state index contributed by atoms with van der Waals surface area (Å²) in [6.07, 6.45) is 0.675. The lowest BCUT2D eigenvalue weighted by atomic mass is 10.0. The van der Waals surface area contributed by atoms with E-state index in [1.54, 1.807) is 31.2 Å². The number of halogens is 2. The standard InChI is InChI=1S/C17H12Cl2N2O3S/c1-9-14(17(23)20-12(8-22)13-6-3-7-25-13)16(21-24-9)15-10(18)4-2-5-11(15)19/h2-8,12H,1H3,(H,20,23). The van der Waals surface area contributed by atoms with Crippen LogP contribution in [0.2, 0.25) is 10.0 Å². The zero-order chi connectivity index (χ0) is 18.0. The van der Waals surface area contributed by atoms with Crippen LogP contribution in [0.3, 0.4) is 0 Å². The number of carbonyl (C=O) groups excluding carboxylic acids is 2. The Morgan fingerprint density at radius 3 is 2.60 bits per heavy atom. The molecule has 0 saturated carbocycles. The molecule has 1 atom stereocenters. The summed E-state index contributed by atoms with van der Waals surface area (Å²) in [5.41, 5.74) is 0.839. The molecule has 0 aliphatic rings. The van der Waals surface area contributed by atoms with Crippen molar-refractivity contribution in [2.24, 2.45) is 0 Å². The maximum Gasteiger partial charge on any atom is 0.258 e. The highest BCUT2D eigenvalue weighted by Crippen LogP contribution is 2.36. The van der Waals surface area contributed by atoms with Gasteiger partial charge in [-0.1, -0.05) is 40.5 Å². The number of nitrogens with zero attached hydrogens (tertiary/aromatic N) is 1. The van der Waals surface area contributed by atoms with Crippen LogP contribution in [0, 0.1) is 6.92 Å². The molecule has 3 aromatic rings. The summed E-state index contributed by atoms with van der Waals surface area (Å²) in [4.78, 5) is 24.9. The van der Waals surface area contributed by atoms with E-state index in [0.29, 0.717) is 27.7 Å². The van der Waals surface area contributed by atoms with Crippen molar-refractivity contribution in [1.82, 2.24) is 10.5 Å². The molecule has 0 bridgehead atoms. The highest BCUT2D eigenvalue weighted by molar-refractivity contribution is 7.10. The predicted molar refractivity (Wildman–Crippen MR) is 97.3 cm³/mol. The number of aromatic nitrogens is 1. The average molecular weight is 395 g/mol. The molecule has 2 aromatic heterocycles. The summed E-state index contributed by atoms with van der Waals surface area (Å²) in [5, 5.41) is 9.14. The van der Waals surface area contributed by atoms with Gasteiger partial charge < -0.3 is 14.6 Å². The van der Waals surface area contributed by atoms with E-state index in [0.717, 1.165) is 4.88 Å². The number of nitrogens with one attached hydrogen (secondary N) is 1. The van der Waals surface area contributed by atoms with Gasteiger partial charge in [0, 0.05) is 10.4 Å².